The Labute approximate surface area is 121 Å². The molecule has 6 heteroatoms. The number of carbonyl (C=O) groups excluding carboxylic acids is 1. The summed E-state index contributed by atoms with van der Waals surface area (Å²) in [6, 6.07) is 2.64. The van der Waals surface area contributed by atoms with E-state index in [1.165, 1.54) is 12.1 Å². The second-order valence-corrected chi connectivity index (χ2v) is 6.24. The van der Waals surface area contributed by atoms with Crippen LogP contribution in [-0.4, -0.2) is 17.0 Å². The summed E-state index contributed by atoms with van der Waals surface area (Å²) in [4.78, 5) is 23.0. The maximum absolute atomic E-state index is 11.8. The van der Waals surface area contributed by atoms with Crippen molar-refractivity contribution < 1.29 is 14.7 Å². The van der Waals surface area contributed by atoms with E-state index < -0.39 is 5.97 Å². The number of amides is 1. The van der Waals surface area contributed by atoms with E-state index in [1.54, 1.807) is 0 Å². The molecule has 1 aromatic carbocycles. The van der Waals surface area contributed by atoms with E-state index >= 15 is 0 Å². The van der Waals surface area contributed by atoms with E-state index in [9.17, 15) is 9.59 Å². The van der Waals surface area contributed by atoms with Crippen LogP contribution in [0.2, 0.25) is 10.0 Å². The van der Waals surface area contributed by atoms with Crippen LogP contribution in [0, 0.1) is 5.41 Å². The molecule has 0 saturated heterocycles. The third kappa shape index (κ3) is 4.73. The second kappa shape index (κ2) is 5.80. The van der Waals surface area contributed by atoms with Gasteiger partial charge >= 0.3 is 5.97 Å². The van der Waals surface area contributed by atoms with E-state index in [0.717, 1.165) is 0 Å². The molecule has 0 aliphatic carbocycles. The van der Waals surface area contributed by atoms with Gasteiger partial charge in [-0.05, 0) is 17.5 Å². The number of hydrogen-bond acceptors (Lipinski definition) is 2. The molecule has 0 spiro atoms. The number of anilines is 1. The second-order valence-electron chi connectivity index (χ2n) is 5.40. The molecule has 0 aliphatic rings. The molecule has 0 saturated carbocycles. The maximum Gasteiger partial charge on any atom is 0.337 e. The molecule has 1 amide bonds. The maximum atomic E-state index is 11.8. The van der Waals surface area contributed by atoms with Crippen molar-refractivity contribution in [3.05, 3.63) is 27.7 Å². The van der Waals surface area contributed by atoms with Crippen molar-refractivity contribution >= 4 is 40.8 Å². The predicted octanol–water partition coefficient (Wildman–Crippen LogP) is 4.07. The fourth-order valence-corrected chi connectivity index (χ4v) is 2.08. The smallest absolute Gasteiger partial charge is 0.337 e. The van der Waals surface area contributed by atoms with Crippen LogP contribution in [0.4, 0.5) is 5.69 Å². The lowest BCUT2D eigenvalue weighted by atomic mass is 9.92. The zero-order valence-electron chi connectivity index (χ0n) is 10.9. The van der Waals surface area contributed by atoms with Crippen LogP contribution in [-0.2, 0) is 4.79 Å². The summed E-state index contributed by atoms with van der Waals surface area (Å²) >= 11 is 11.7. The van der Waals surface area contributed by atoms with Crippen molar-refractivity contribution in [3.8, 4) is 0 Å². The van der Waals surface area contributed by atoms with Crippen LogP contribution in [0.15, 0.2) is 12.1 Å². The average molecular weight is 304 g/mol. The Morgan fingerprint density at radius 1 is 1.26 bits per heavy atom. The standard InChI is InChI=1S/C13H15Cl2NO3/c1-13(2,3)6-10(17)16-11-8(12(18)19)4-7(14)5-9(11)15/h4-5H,6H2,1-3H3,(H,16,17)(H,18,19). The Bertz CT molecular complexity index is 521. The number of aromatic carboxylic acids is 1. The highest BCUT2D eigenvalue weighted by Gasteiger charge is 2.20. The lowest BCUT2D eigenvalue weighted by molar-refractivity contribution is -0.117. The van der Waals surface area contributed by atoms with Gasteiger partial charge in [0.05, 0.1) is 16.3 Å². The first-order valence-corrected chi connectivity index (χ1v) is 6.38. The minimum atomic E-state index is -1.20. The number of halogens is 2. The zero-order chi connectivity index (χ0) is 14.8. The van der Waals surface area contributed by atoms with Gasteiger partial charge in [0.1, 0.15) is 0 Å². The monoisotopic (exact) mass is 303 g/mol. The topological polar surface area (TPSA) is 66.4 Å². The summed E-state index contributed by atoms with van der Waals surface area (Å²) in [5.41, 5.74) is -0.251. The highest BCUT2D eigenvalue weighted by Crippen LogP contribution is 2.31. The van der Waals surface area contributed by atoms with Crippen molar-refractivity contribution in [3.63, 3.8) is 0 Å². The van der Waals surface area contributed by atoms with Gasteiger partial charge in [0.15, 0.2) is 0 Å². The summed E-state index contributed by atoms with van der Waals surface area (Å²) in [6.45, 7) is 5.73. The number of carboxylic acid groups (broad SMARTS) is 1. The number of carbonyl (C=O) groups is 2. The van der Waals surface area contributed by atoms with Crippen LogP contribution in [0.25, 0.3) is 0 Å². The first-order chi connectivity index (χ1) is 8.60. The molecular formula is C13H15Cl2NO3. The highest BCUT2D eigenvalue weighted by atomic mass is 35.5. The molecular weight excluding hydrogens is 289 g/mol. The van der Waals surface area contributed by atoms with Crippen molar-refractivity contribution in [1.82, 2.24) is 0 Å². The quantitative estimate of drug-likeness (QED) is 0.884. The molecule has 0 atom stereocenters. The number of rotatable bonds is 3. The normalized spacial score (nSPS) is 11.2. The van der Waals surface area contributed by atoms with E-state index in [4.69, 9.17) is 28.3 Å². The molecule has 1 rings (SSSR count). The van der Waals surface area contributed by atoms with Crippen molar-refractivity contribution in [2.45, 2.75) is 27.2 Å². The van der Waals surface area contributed by atoms with Crippen molar-refractivity contribution in [2.75, 3.05) is 5.32 Å². The van der Waals surface area contributed by atoms with E-state index in [2.05, 4.69) is 5.32 Å². The van der Waals surface area contributed by atoms with Gasteiger partial charge < -0.3 is 10.4 Å². The number of hydrogen-bond donors (Lipinski definition) is 2. The summed E-state index contributed by atoms with van der Waals surface area (Å²) in [6.07, 6.45) is 0.255. The lowest BCUT2D eigenvalue weighted by Crippen LogP contribution is -2.21. The van der Waals surface area contributed by atoms with Gasteiger partial charge in [-0.3, -0.25) is 4.79 Å². The molecule has 0 radical (unpaired) electrons. The first kappa shape index (κ1) is 15.8. The van der Waals surface area contributed by atoms with Crippen molar-refractivity contribution in [2.24, 2.45) is 5.41 Å². The minimum Gasteiger partial charge on any atom is -0.478 e. The fourth-order valence-electron chi connectivity index (χ4n) is 1.53. The zero-order valence-corrected chi connectivity index (χ0v) is 12.4. The van der Waals surface area contributed by atoms with Gasteiger partial charge in [0.25, 0.3) is 0 Å². The summed E-state index contributed by atoms with van der Waals surface area (Å²) < 4.78 is 0. The van der Waals surface area contributed by atoms with Gasteiger partial charge in [-0.1, -0.05) is 44.0 Å². The molecule has 0 fully saturated rings. The summed E-state index contributed by atoms with van der Waals surface area (Å²) in [5.74, 6) is -1.49. The highest BCUT2D eigenvalue weighted by molar-refractivity contribution is 6.37. The molecule has 0 bridgehead atoms. The molecule has 0 heterocycles. The van der Waals surface area contributed by atoms with E-state index in [1.807, 2.05) is 20.8 Å². The summed E-state index contributed by atoms with van der Waals surface area (Å²) in [5, 5.41) is 11.9. The van der Waals surface area contributed by atoms with Crippen LogP contribution >= 0.6 is 23.2 Å². The molecule has 0 aliphatic heterocycles. The van der Waals surface area contributed by atoms with E-state index in [0.29, 0.717) is 0 Å². The Hall–Kier alpha value is -1.26. The van der Waals surface area contributed by atoms with Gasteiger partial charge in [-0.25, -0.2) is 4.79 Å². The fraction of sp³-hybridized carbons (Fsp3) is 0.385. The Morgan fingerprint density at radius 2 is 1.84 bits per heavy atom. The third-order valence-corrected chi connectivity index (χ3v) is 2.76. The van der Waals surface area contributed by atoms with Gasteiger partial charge in [0, 0.05) is 11.4 Å². The molecule has 0 aromatic heterocycles. The largest absolute Gasteiger partial charge is 0.478 e. The number of nitrogens with one attached hydrogen (secondary N) is 1. The van der Waals surface area contributed by atoms with Gasteiger partial charge in [-0.15, -0.1) is 0 Å². The minimum absolute atomic E-state index is 0.0767. The first-order valence-electron chi connectivity index (χ1n) is 5.62. The van der Waals surface area contributed by atoms with Crippen LogP contribution in [0.5, 0.6) is 0 Å². The van der Waals surface area contributed by atoms with Crippen LogP contribution < -0.4 is 5.32 Å². The van der Waals surface area contributed by atoms with Crippen molar-refractivity contribution in [1.29, 1.82) is 0 Å². The van der Waals surface area contributed by atoms with Crippen LogP contribution in [0.1, 0.15) is 37.6 Å². The Kier molecular flexibility index (Phi) is 4.82. The molecule has 19 heavy (non-hydrogen) atoms. The van der Waals surface area contributed by atoms with Gasteiger partial charge in [0.2, 0.25) is 5.91 Å². The predicted molar refractivity (Wildman–Crippen MR) is 76.1 cm³/mol. The summed E-state index contributed by atoms with van der Waals surface area (Å²) in [7, 11) is 0. The average Bonchev–Trinajstić information content (AvgIpc) is 2.18. The molecule has 4 nitrogen and oxygen atoms in total. The van der Waals surface area contributed by atoms with Gasteiger partial charge in [-0.2, -0.15) is 0 Å². The molecule has 0 unspecified atom stereocenters. The van der Waals surface area contributed by atoms with E-state index in [-0.39, 0.29) is 39.0 Å². The number of benzene rings is 1. The Balaban J connectivity index is 3.07. The molecule has 2 N–H and O–H groups in total. The van der Waals surface area contributed by atoms with Crippen LogP contribution in [0.3, 0.4) is 0 Å². The third-order valence-electron chi connectivity index (χ3n) is 2.24. The lowest BCUT2D eigenvalue weighted by Gasteiger charge is -2.18. The SMILES string of the molecule is CC(C)(C)CC(=O)Nc1c(Cl)cc(Cl)cc1C(=O)O. The Morgan fingerprint density at radius 3 is 2.32 bits per heavy atom. The molecule has 104 valence electrons. The molecule has 1 aromatic rings. The number of carboxylic acids is 1.